The van der Waals surface area contributed by atoms with Crippen LogP contribution in [0.1, 0.15) is 0 Å². The quantitative estimate of drug-likeness (QED) is 0.645. The Hall–Kier alpha value is -1.49. The van der Waals surface area contributed by atoms with Gasteiger partial charge in [0.15, 0.2) is 11.4 Å². The van der Waals surface area contributed by atoms with E-state index in [-0.39, 0.29) is 0 Å². The highest BCUT2D eigenvalue weighted by molar-refractivity contribution is 6.40. The van der Waals surface area contributed by atoms with Crippen molar-refractivity contribution >= 4 is 24.3 Å². The van der Waals surface area contributed by atoms with Crippen molar-refractivity contribution in [2.75, 3.05) is 24.9 Å². The van der Waals surface area contributed by atoms with Gasteiger partial charge in [0.05, 0.1) is 5.39 Å². The summed E-state index contributed by atoms with van der Waals surface area (Å²) in [7, 11) is 4.12. The van der Waals surface area contributed by atoms with Gasteiger partial charge in [-0.05, 0) is 19.2 Å². The maximum Gasteiger partial charge on any atom is 0.353 e. The Morgan fingerprint density at radius 3 is 3.00 bits per heavy atom. The van der Waals surface area contributed by atoms with Crippen LogP contribution < -0.4 is 4.81 Å². The molecule has 0 saturated carbocycles. The Morgan fingerprint density at radius 1 is 1.33 bits per heavy atom. The Labute approximate surface area is 88.7 Å². The number of hydrogen-bond donors (Lipinski definition) is 0. The first-order valence-electron chi connectivity index (χ1n) is 5.01. The lowest BCUT2D eigenvalue weighted by atomic mass is 10.1. The molecule has 1 aromatic heterocycles. The normalized spacial score (nSPS) is 17.3. The fourth-order valence-corrected chi connectivity index (χ4v) is 1.86. The summed E-state index contributed by atoms with van der Waals surface area (Å²) in [6, 6.07) is 7.93. The highest BCUT2D eigenvalue weighted by atomic mass is 16.5. The lowest BCUT2D eigenvalue weighted by Gasteiger charge is -2.12. The average Bonchev–Trinajstić information content (AvgIpc) is 2.83. The maximum absolute atomic E-state index is 5.27. The summed E-state index contributed by atoms with van der Waals surface area (Å²) in [6.45, 7) is 1.99. The van der Waals surface area contributed by atoms with Gasteiger partial charge >= 0.3 is 7.55 Å². The number of benzene rings is 1. The fourth-order valence-electron chi connectivity index (χ4n) is 1.86. The molecule has 0 bridgehead atoms. The molecule has 0 amide bonds. The monoisotopic (exact) mass is 200 g/mol. The van der Waals surface area contributed by atoms with E-state index < -0.39 is 0 Å². The van der Waals surface area contributed by atoms with Crippen LogP contribution in [0.15, 0.2) is 28.8 Å². The van der Waals surface area contributed by atoms with E-state index in [1.54, 1.807) is 0 Å². The molecule has 1 aliphatic rings. The number of anilines is 1. The van der Waals surface area contributed by atoms with Crippen molar-refractivity contribution in [3.05, 3.63) is 24.3 Å². The van der Waals surface area contributed by atoms with Gasteiger partial charge in [0.1, 0.15) is 0 Å². The molecule has 0 aliphatic carbocycles. The largest absolute Gasteiger partial charge is 0.384 e. The summed E-state index contributed by atoms with van der Waals surface area (Å²) in [5.41, 5.74) is 0.843. The molecule has 5 heteroatoms. The van der Waals surface area contributed by atoms with Crippen LogP contribution >= 0.6 is 0 Å². The summed E-state index contributed by atoms with van der Waals surface area (Å²) < 4.78 is 5.27. The van der Waals surface area contributed by atoms with Crippen LogP contribution in [0.4, 0.5) is 5.82 Å². The zero-order valence-electron chi connectivity index (χ0n) is 8.55. The molecular weight excluding hydrogens is 189 g/mol. The van der Waals surface area contributed by atoms with Crippen LogP contribution in [0.2, 0.25) is 0 Å². The minimum absolute atomic E-state index is 0.843. The molecule has 15 heavy (non-hydrogen) atoms. The van der Waals surface area contributed by atoms with Crippen LogP contribution in [0, 0.1) is 0 Å². The molecule has 1 aliphatic heterocycles. The van der Waals surface area contributed by atoms with Crippen molar-refractivity contribution < 1.29 is 4.52 Å². The summed E-state index contributed by atoms with van der Waals surface area (Å²) in [5, 5.41) is 5.18. The van der Waals surface area contributed by atoms with E-state index >= 15 is 0 Å². The molecule has 2 heterocycles. The number of nitrogens with zero attached hydrogens (tertiary/aromatic N) is 3. The highest BCUT2D eigenvalue weighted by Crippen LogP contribution is 2.26. The van der Waals surface area contributed by atoms with Crippen molar-refractivity contribution in [1.29, 1.82) is 0 Å². The number of hydrogen-bond acceptors (Lipinski definition) is 4. The van der Waals surface area contributed by atoms with Crippen molar-refractivity contribution in [3.63, 3.8) is 0 Å². The Morgan fingerprint density at radius 2 is 2.20 bits per heavy atom. The minimum Gasteiger partial charge on any atom is -0.384 e. The molecule has 0 atom stereocenters. The second-order valence-electron chi connectivity index (χ2n) is 3.79. The number of likely N-dealkylation sites (N-methyl/N-ethyl adjacent to an activating group) is 1. The first kappa shape index (κ1) is 8.79. The van der Waals surface area contributed by atoms with Gasteiger partial charge in [-0.15, -0.1) is 0 Å². The van der Waals surface area contributed by atoms with Gasteiger partial charge < -0.3 is 14.1 Å². The van der Waals surface area contributed by atoms with Crippen LogP contribution in [0.3, 0.4) is 0 Å². The van der Waals surface area contributed by atoms with Gasteiger partial charge in [-0.3, -0.25) is 0 Å². The average molecular weight is 200 g/mol. The summed E-state index contributed by atoms with van der Waals surface area (Å²) in [4.78, 5) is 4.26. The SMILES string of the molecule is CN1[B]N(c2noc3ccccc23)CC1. The van der Waals surface area contributed by atoms with Gasteiger partial charge in [-0.1, -0.05) is 17.3 Å². The summed E-state index contributed by atoms with van der Waals surface area (Å²) >= 11 is 0. The smallest absolute Gasteiger partial charge is 0.353 e. The third kappa shape index (κ3) is 1.39. The molecular formula is C10H11BN3O. The van der Waals surface area contributed by atoms with Gasteiger partial charge in [0.2, 0.25) is 0 Å². The Bertz CT molecular complexity index is 484. The van der Waals surface area contributed by atoms with Crippen molar-refractivity contribution in [2.24, 2.45) is 0 Å². The Balaban J connectivity index is 2.04. The lowest BCUT2D eigenvalue weighted by molar-refractivity contribution is 0.458. The molecule has 1 saturated heterocycles. The topological polar surface area (TPSA) is 32.5 Å². The van der Waals surface area contributed by atoms with E-state index in [0.717, 1.165) is 29.9 Å². The third-order valence-corrected chi connectivity index (χ3v) is 2.66. The molecule has 2 aromatic rings. The van der Waals surface area contributed by atoms with E-state index in [0.29, 0.717) is 0 Å². The number of fused-ring (bicyclic) bond motifs is 1. The van der Waals surface area contributed by atoms with E-state index in [9.17, 15) is 0 Å². The lowest BCUT2D eigenvalue weighted by Crippen LogP contribution is -2.27. The Kier molecular flexibility index (Phi) is 1.92. The third-order valence-electron chi connectivity index (χ3n) is 2.66. The van der Waals surface area contributed by atoms with Gasteiger partial charge in [-0.2, -0.15) is 0 Å². The molecule has 1 fully saturated rings. The van der Waals surface area contributed by atoms with Crippen LogP contribution in [-0.4, -0.2) is 37.7 Å². The molecule has 0 N–H and O–H groups in total. The number of rotatable bonds is 1. The summed E-state index contributed by atoms with van der Waals surface area (Å²) in [6.07, 6.45) is 0. The molecule has 1 aromatic carbocycles. The van der Waals surface area contributed by atoms with E-state index in [1.165, 1.54) is 0 Å². The van der Waals surface area contributed by atoms with Crippen LogP contribution in [-0.2, 0) is 0 Å². The molecule has 3 rings (SSSR count). The van der Waals surface area contributed by atoms with Crippen LogP contribution in [0.25, 0.3) is 11.0 Å². The maximum atomic E-state index is 5.27. The van der Waals surface area contributed by atoms with Crippen molar-refractivity contribution in [2.45, 2.75) is 0 Å². The van der Waals surface area contributed by atoms with E-state index in [4.69, 9.17) is 4.52 Å². The molecule has 75 valence electrons. The minimum atomic E-state index is 0.843. The summed E-state index contributed by atoms with van der Waals surface area (Å²) in [5.74, 6) is 0.912. The predicted octanol–water partition coefficient (Wildman–Crippen LogP) is 1.11. The molecule has 0 unspecified atom stereocenters. The molecule has 4 nitrogen and oxygen atoms in total. The van der Waals surface area contributed by atoms with Crippen molar-refractivity contribution in [3.8, 4) is 0 Å². The zero-order valence-corrected chi connectivity index (χ0v) is 8.55. The van der Waals surface area contributed by atoms with E-state index in [1.807, 2.05) is 24.3 Å². The second kappa shape index (κ2) is 3.27. The number of aromatic nitrogens is 1. The standard InChI is InChI=1S/C10H11BN3O/c1-13-6-7-14(11-13)10-8-4-2-3-5-9(8)15-12-10/h2-5H,6-7H2,1H3. The van der Waals surface area contributed by atoms with Gasteiger partial charge in [0.25, 0.3) is 0 Å². The fraction of sp³-hybridized carbons (Fsp3) is 0.300. The molecule has 0 spiro atoms. The van der Waals surface area contributed by atoms with Crippen molar-refractivity contribution in [1.82, 2.24) is 9.97 Å². The van der Waals surface area contributed by atoms with Gasteiger partial charge in [-0.25, -0.2) is 0 Å². The number of para-hydroxylation sites is 1. The first-order chi connectivity index (χ1) is 7.34. The second-order valence-corrected chi connectivity index (χ2v) is 3.79. The van der Waals surface area contributed by atoms with Crippen LogP contribution in [0.5, 0.6) is 0 Å². The zero-order chi connectivity index (χ0) is 10.3. The predicted molar refractivity (Wildman–Crippen MR) is 59.7 cm³/mol. The molecule has 1 radical (unpaired) electrons. The van der Waals surface area contributed by atoms with Gasteiger partial charge in [0, 0.05) is 13.1 Å². The highest BCUT2D eigenvalue weighted by Gasteiger charge is 2.23. The van der Waals surface area contributed by atoms with E-state index in [2.05, 4.69) is 29.4 Å². The first-order valence-corrected chi connectivity index (χ1v) is 5.01.